The second kappa shape index (κ2) is 8.28. The summed E-state index contributed by atoms with van der Waals surface area (Å²) in [7, 11) is 0. The number of aromatic nitrogens is 2. The lowest BCUT2D eigenvalue weighted by molar-refractivity contribution is -0.0138. The first-order valence-corrected chi connectivity index (χ1v) is 10.5. The average molecular weight is 451 g/mol. The Bertz CT molecular complexity index is 1290. The minimum atomic E-state index is -2.88. The molecule has 2 atom stereocenters. The maximum absolute atomic E-state index is 14.2. The average Bonchev–Trinajstić information content (AvgIpc) is 3.04. The van der Waals surface area contributed by atoms with E-state index < -0.39 is 24.4 Å². The molecule has 0 amide bonds. The zero-order valence-corrected chi connectivity index (χ0v) is 18.4. The van der Waals surface area contributed by atoms with Crippen LogP contribution in [0.25, 0.3) is 11.0 Å². The first-order chi connectivity index (χ1) is 15.6. The highest BCUT2D eigenvalue weighted by molar-refractivity contribution is 5.94. The van der Waals surface area contributed by atoms with Gasteiger partial charge in [0.1, 0.15) is 6.07 Å². The van der Waals surface area contributed by atoms with Crippen molar-refractivity contribution in [2.75, 3.05) is 23.3 Å². The molecule has 3 aromatic rings. The minimum Gasteiger partial charge on any atom is -0.478 e. The molecule has 1 fully saturated rings. The number of nitriles is 1. The summed E-state index contributed by atoms with van der Waals surface area (Å²) in [5.41, 5.74) is 3.14. The van der Waals surface area contributed by atoms with Crippen molar-refractivity contribution in [3.05, 3.63) is 58.8 Å². The molecular weight excluding hydrogens is 428 g/mol. The number of hydrogen-bond donors (Lipinski definition) is 2. The Kier molecular flexibility index (Phi) is 5.62. The Hall–Kier alpha value is -3.80. The molecule has 2 unspecified atom stereocenters. The first-order valence-electron chi connectivity index (χ1n) is 10.5. The number of aryl methyl sites for hydroxylation is 1. The number of para-hydroxylation sites is 1. The highest BCUT2D eigenvalue weighted by Crippen LogP contribution is 2.37. The van der Waals surface area contributed by atoms with E-state index in [-0.39, 0.29) is 29.7 Å². The minimum absolute atomic E-state index is 0.000727. The molecule has 170 valence electrons. The maximum Gasteiger partial charge on any atom is 0.337 e. The van der Waals surface area contributed by atoms with Crippen LogP contribution in [0.15, 0.2) is 36.4 Å². The fourth-order valence-corrected chi connectivity index (χ4v) is 4.16. The van der Waals surface area contributed by atoms with Crippen LogP contribution in [0, 0.1) is 24.2 Å². The molecular formula is C24H23F2N5O2. The van der Waals surface area contributed by atoms with Crippen LogP contribution in [-0.4, -0.2) is 40.1 Å². The number of hydrogen-bond acceptors (Lipinski definition) is 6. The van der Waals surface area contributed by atoms with E-state index in [2.05, 4.69) is 15.3 Å². The monoisotopic (exact) mass is 451 g/mol. The van der Waals surface area contributed by atoms with Crippen molar-refractivity contribution in [1.82, 2.24) is 9.97 Å². The number of halogens is 2. The van der Waals surface area contributed by atoms with Gasteiger partial charge < -0.3 is 15.3 Å². The Labute approximate surface area is 189 Å². The normalized spacial score (nSPS) is 18.2. The molecule has 0 aliphatic carbocycles. The third-order valence-electron chi connectivity index (χ3n) is 5.94. The van der Waals surface area contributed by atoms with Gasteiger partial charge in [0.2, 0.25) is 0 Å². The van der Waals surface area contributed by atoms with E-state index in [0.29, 0.717) is 16.7 Å². The van der Waals surface area contributed by atoms with Gasteiger partial charge in [-0.1, -0.05) is 25.1 Å². The number of fused-ring (bicyclic) bond motifs is 1. The number of carboxylic acids is 1. The van der Waals surface area contributed by atoms with Crippen LogP contribution in [0.2, 0.25) is 0 Å². The molecule has 2 heterocycles. The Morgan fingerprint density at radius 2 is 2.06 bits per heavy atom. The largest absolute Gasteiger partial charge is 0.478 e. The summed E-state index contributed by atoms with van der Waals surface area (Å²) in [5.74, 6) is -4.66. The number of carboxylic acid groups (broad SMARTS) is 1. The standard InChI is InChI=1S/C24H23F2N5O2/c1-13-8-17(15(3)28-18-7-5-4-6-16(18)23(32)33)21-19(9-13)29-20(10-27)22(30-21)31-11-14(2)24(25,26)12-31/h4-9,14-15,28H,11-12H2,1-3H3,(H,32,33). The summed E-state index contributed by atoms with van der Waals surface area (Å²) in [6, 6.07) is 11.9. The van der Waals surface area contributed by atoms with Crippen molar-refractivity contribution in [1.29, 1.82) is 5.26 Å². The molecule has 1 aromatic heterocycles. The quantitative estimate of drug-likeness (QED) is 0.576. The third-order valence-corrected chi connectivity index (χ3v) is 5.94. The smallest absolute Gasteiger partial charge is 0.337 e. The molecule has 2 aromatic carbocycles. The van der Waals surface area contributed by atoms with Gasteiger partial charge in [-0.05, 0) is 37.6 Å². The number of anilines is 2. The predicted molar refractivity (Wildman–Crippen MR) is 121 cm³/mol. The van der Waals surface area contributed by atoms with Gasteiger partial charge in [0.05, 0.1) is 29.2 Å². The highest BCUT2D eigenvalue weighted by Gasteiger charge is 2.46. The van der Waals surface area contributed by atoms with Crippen LogP contribution in [0.3, 0.4) is 0 Å². The first kappa shape index (κ1) is 22.4. The maximum atomic E-state index is 14.2. The van der Waals surface area contributed by atoms with Crippen molar-refractivity contribution < 1.29 is 18.7 Å². The van der Waals surface area contributed by atoms with Gasteiger partial charge in [-0.25, -0.2) is 23.5 Å². The van der Waals surface area contributed by atoms with Gasteiger partial charge in [-0.15, -0.1) is 0 Å². The van der Waals surface area contributed by atoms with Crippen LogP contribution in [0.4, 0.5) is 20.3 Å². The molecule has 1 aliphatic rings. The Balaban J connectivity index is 1.81. The van der Waals surface area contributed by atoms with E-state index in [9.17, 15) is 23.9 Å². The summed E-state index contributed by atoms with van der Waals surface area (Å²) in [6.07, 6.45) is 0. The van der Waals surface area contributed by atoms with Gasteiger partial charge in [-0.2, -0.15) is 5.26 Å². The summed E-state index contributed by atoms with van der Waals surface area (Å²) in [6.45, 7) is 4.76. The molecule has 33 heavy (non-hydrogen) atoms. The summed E-state index contributed by atoms with van der Waals surface area (Å²) >= 11 is 0. The van der Waals surface area contributed by atoms with Crippen molar-refractivity contribution in [2.45, 2.75) is 32.7 Å². The molecule has 1 saturated heterocycles. The predicted octanol–water partition coefficient (Wildman–Crippen LogP) is 4.77. The van der Waals surface area contributed by atoms with Crippen LogP contribution in [-0.2, 0) is 0 Å². The number of nitrogens with one attached hydrogen (secondary N) is 1. The van der Waals surface area contributed by atoms with Gasteiger partial charge >= 0.3 is 5.97 Å². The van der Waals surface area contributed by atoms with Crippen molar-refractivity contribution in [3.8, 4) is 6.07 Å². The second-order valence-corrected chi connectivity index (χ2v) is 8.49. The number of alkyl halides is 2. The molecule has 4 rings (SSSR count). The Morgan fingerprint density at radius 1 is 1.33 bits per heavy atom. The molecule has 2 N–H and O–H groups in total. The zero-order valence-electron chi connectivity index (χ0n) is 18.4. The van der Waals surface area contributed by atoms with Gasteiger partial charge in [0, 0.05) is 23.7 Å². The van der Waals surface area contributed by atoms with Crippen LogP contribution < -0.4 is 10.2 Å². The van der Waals surface area contributed by atoms with Crippen LogP contribution in [0.1, 0.15) is 47.1 Å². The number of carbonyl (C=O) groups is 1. The molecule has 1 aliphatic heterocycles. The number of rotatable bonds is 5. The second-order valence-electron chi connectivity index (χ2n) is 8.49. The van der Waals surface area contributed by atoms with Crippen LogP contribution in [0.5, 0.6) is 0 Å². The molecule has 0 bridgehead atoms. The van der Waals surface area contributed by atoms with E-state index in [1.165, 1.54) is 17.9 Å². The molecule has 0 radical (unpaired) electrons. The molecule has 0 spiro atoms. The third kappa shape index (κ3) is 4.16. The lowest BCUT2D eigenvalue weighted by Crippen LogP contribution is -2.27. The Morgan fingerprint density at radius 3 is 2.70 bits per heavy atom. The molecule has 7 nitrogen and oxygen atoms in total. The zero-order chi connectivity index (χ0) is 23.9. The molecule has 9 heteroatoms. The van der Waals surface area contributed by atoms with Gasteiger partial charge in [-0.3, -0.25) is 0 Å². The van der Waals surface area contributed by atoms with E-state index in [4.69, 9.17) is 0 Å². The van der Waals surface area contributed by atoms with E-state index in [1.807, 2.05) is 26.0 Å². The fraction of sp³-hybridized carbons (Fsp3) is 0.333. The lowest BCUT2D eigenvalue weighted by Gasteiger charge is -2.22. The fourth-order valence-electron chi connectivity index (χ4n) is 4.16. The van der Waals surface area contributed by atoms with Crippen molar-refractivity contribution in [2.24, 2.45) is 5.92 Å². The SMILES string of the molecule is Cc1cc(C(C)Nc2ccccc2C(=O)O)c2nc(N3CC(C)C(F)(F)C3)c(C#N)nc2c1. The van der Waals surface area contributed by atoms with Crippen molar-refractivity contribution in [3.63, 3.8) is 0 Å². The number of aromatic carboxylic acids is 1. The summed E-state index contributed by atoms with van der Waals surface area (Å²) < 4.78 is 28.4. The topological polar surface area (TPSA) is 102 Å². The highest BCUT2D eigenvalue weighted by atomic mass is 19.3. The van der Waals surface area contributed by atoms with Crippen molar-refractivity contribution >= 4 is 28.5 Å². The summed E-state index contributed by atoms with van der Waals surface area (Å²) in [4.78, 5) is 22.1. The van der Waals surface area contributed by atoms with Gasteiger partial charge in [0.25, 0.3) is 5.92 Å². The van der Waals surface area contributed by atoms with E-state index in [1.54, 1.807) is 24.3 Å². The summed E-state index contributed by atoms with van der Waals surface area (Å²) in [5, 5.41) is 22.3. The van der Waals surface area contributed by atoms with Gasteiger partial charge in [0.15, 0.2) is 11.5 Å². The number of benzene rings is 2. The lowest BCUT2D eigenvalue weighted by atomic mass is 10.0. The number of nitrogens with zero attached hydrogens (tertiary/aromatic N) is 4. The van der Waals surface area contributed by atoms with Crippen LogP contribution >= 0.6 is 0 Å². The van der Waals surface area contributed by atoms with E-state index >= 15 is 0 Å². The molecule has 0 saturated carbocycles. The van der Waals surface area contributed by atoms with E-state index in [0.717, 1.165) is 11.1 Å².